The molecule has 0 heterocycles. The van der Waals surface area contributed by atoms with Crippen LogP contribution in [0, 0.1) is 0 Å². The van der Waals surface area contributed by atoms with Gasteiger partial charge in [0.1, 0.15) is 11.2 Å². The van der Waals surface area contributed by atoms with Crippen molar-refractivity contribution in [3.05, 3.63) is 0 Å². The normalized spacial score (nSPS) is 18.3. The number of hydrogen-bond donors (Lipinski definition) is 0. The molecule has 0 aromatic carbocycles. The van der Waals surface area contributed by atoms with E-state index in [9.17, 15) is 0 Å². The zero-order chi connectivity index (χ0) is 14.1. The fourth-order valence-corrected chi connectivity index (χ4v) is 1.86. The lowest BCUT2D eigenvalue weighted by Gasteiger charge is -2.34. The summed E-state index contributed by atoms with van der Waals surface area (Å²) in [5.74, 6) is 0. The number of hydrogen-bond acceptors (Lipinski definition) is 2. The van der Waals surface area contributed by atoms with Crippen molar-refractivity contribution in [2.75, 3.05) is 0 Å². The molecule has 0 aromatic heterocycles. The van der Waals surface area contributed by atoms with E-state index in [1.54, 1.807) is 0 Å². The Kier molecular flexibility index (Phi) is 8.89. The van der Waals surface area contributed by atoms with E-state index in [4.69, 9.17) is 9.78 Å². The van der Waals surface area contributed by atoms with Crippen LogP contribution in [0.15, 0.2) is 0 Å². The molecule has 0 aromatic rings. The van der Waals surface area contributed by atoms with Gasteiger partial charge in [0.25, 0.3) is 0 Å². The highest BCUT2D eigenvalue weighted by atomic mass is 17.2. The minimum atomic E-state index is -0.126. The first-order chi connectivity index (χ1) is 8.45. The quantitative estimate of drug-likeness (QED) is 0.352. The van der Waals surface area contributed by atoms with E-state index >= 15 is 0 Å². The highest BCUT2D eigenvalue weighted by molar-refractivity contribution is 4.74. The molecule has 0 aliphatic carbocycles. The third kappa shape index (κ3) is 6.75. The molecule has 2 heteroatoms. The lowest BCUT2D eigenvalue weighted by molar-refractivity contribution is -0.411. The summed E-state index contributed by atoms with van der Waals surface area (Å²) in [6.07, 6.45) is 8.97. The summed E-state index contributed by atoms with van der Waals surface area (Å²) in [5.41, 5.74) is -0.253. The lowest BCUT2D eigenvalue weighted by atomic mass is 9.95. The van der Waals surface area contributed by atoms with Crippen molar-refractivity contribution < 1.29 is 9.78 Å². The Bertz CT molecular complexity index is 183. The van der Waals surface area contributed by atoms with Gasteiger partial charge in [0.05, 0.1) is 0 Å². The predicted octanol–water partition coefficient (Wildman–Crippen LogP) is 5.65. The summed E-state index contributed by atoms with van der Waals surface area (Å²) in [6, 6.07) is 0. The van der Waals surface area contributed by atoms with Crippen LogP contribution in [0.25, 0.3) is 0 Å². The zero-order valence-corrected chi connectivity index (χ0v) is 13.5. The molecular formula is C16H34O2. The Balaban J connectivity index is 4.29. The standard InChI is InChI=1S/C16H34O2/c1-7-11-13-15(5,9-3)17-18-16(6,10-4)14-12-8-2/h7-14H2,1-6H3. The molecule has 0 bridgehead atoms. The first-order valence-corrected chi connectivity index (χ1v) is 7.82. The van der Waals surface area contributed by atoms with Gasteiger partial charge in [-0.25, -0.2) is 9.78 Å². The molecule has 18 heavy (non-hydrogen) atoms. The van der Waals surface area contributed by atoms with Gasteiger partial charge >= 0.3 is 0 Å². The van der Waals surface area contributed by atoms with Crippen LogP contribution >= 0.6 is 0 Å². The van der Waals surface area contributed by atoms with E-state index in [-0.39, 0.29) is 11.2 Å². The smallest absolute Gasteiger partial charge is 0.101 e. The molecule has 2 unspecified atom stereocenters. The van der Waals surface area contributed by atoms with Crippen LogP contribution in [0.3, 0.4) is 0 Å². The van der Waals surface area contributed by atoms with Gasteiger partial charge in [-0.1, -0.05) is 53.4 Å². The second-order valence-corrected chi connectivity index (χ2v) is 5.98. The van der Waals surface area contributed by atoms with Crippen LogP contribution in [-0.4, -0.2) is 11.2 Å². The van der Waals surface area contributed by atoms with Crippen LogP contribution in [0.1, 0.15) is 92.9 Å². The molecule has 110 valence electrons. The highest BCUT2D eigenvalue weighted by Gasteiger charge is 2.30. The van der Waals surface area contributed by atoms with Crippen molar-refractivity contribution in [3.8, 4) is 0 Å². The molecule has 0 aliphatic heterocycles. The Morgan fingerprint density at radius 2 is 1.00 bits per heavy atom. The van der Waals surface area contributed by atoms with Gasteiger partial charge in [-0.3, -0.25) is 0 Å². The second-order valence-electron chi connectivity index (χ2n) is 5.98. The monoisotopic (exact) mass is 258 g/mol. The lowest BCUT2D eigenvalue weighted by Crippen LogP contribution is -2.35. The largest absolute Gasteiger partial charge is 0.230 e. The van der Waals surface area contributed by atoms with Crippen molar-refractivity contribution >= 4 is 0 Å². The summed E-state index contributed by atoms with van der Waals surface area (Å²) in [7, 11) is 0. The number of unbranched alkanes of at least 4 members (excludes halogenated alkanes) is 2. The summed E-state index contributed by atoms with van der Waals surface area (Å²) >= 11 is 0. The molecule has 0 aliphatic rings. The van der Waals surface area contributed by atoms with Crippen LogP contribution in [-0.2, 0) is 9.78 Å². The first-order valence-electron chi connectivity index (χ1n) is 7.82. The van der Waals surface area contributed by atoms with E-state index in [0.29, 0.717) is 0 Å². The van der Waals surface area contributed by atoms with Gasteiger partial charge in [-0.2, -0.15) is 0 Å². The molecule has 0 rings (SSSR count). The van der Waals surface area contributed by atoms with E-state index in [0.717, 1.165) is 25.7 Å². The molecule has 0 saturated heterocycles. The Morgan fingerprint density at radius 1 is 0.667 bits per heavy atom. The highest BCUT2D eigenvalue weighted by Crippen LogP contribution is 2.29. The maximum atomic E-state index is 5.83. The van der Waals surface area contributed by atoms with E-state index in [2.05, 4.69) is 41.5 Å². The Labute approximate surface area is 114 Å². The van der Waals surface area contributed by atoms with Crippen LogP contribution in [0.4, 0.5) is 0 Å². The molecule has 0 amide bonds. The average Bonchev–Trinajstić information content (AvgIpc) is 2.40. The molecule has 0 N–H and O–H groups in total. The summed E-state index contributed by atoms with van der Waals surface area (Å²) in [5, 5.41) is 0. The fourth-order valence-electron chi connectivity index (χ4n) is 1.86. The molecular weight excluding hydrogens is 224 g/mol. The van der Waals surface area contributed by atoms with Gasteiger partial charge < -0.3 is 0 Å². The van der Waals surface area contributed by atoms with E-state index < -0.39 is 0 Å². The number of rotatable bonds is 11. The fraction of sp³-hybridized carbons (Fsp3) is 1.00. The Hall–Kier alpha value is -0.0800. The summed E-state index contributed by atoms with van der Waals surface area (Å²) in [4.78, 5) is 11.7. The maximum absolute atomic E-state index is 5.83. The first kappa shape index (κ1) is 17.9. The van der Waals surface area contributed by atoms with Gasteiger partial charge in [0.2, 0.25) is 0 Å². The van der Waals surface area contributed by atoms with E-state index in [1.807, 2.05) is 0 Å². The van der Waals surface area contributed by atoms with Gasteiger partial charge in [-0.15, -0.1) is 0 Å². The molecule has 0 spiro atoms. The maximum Gasteiger partial charge on any atom is 0.101 e. The van der Waals surface area contributed by atoms with Crippen LogP contribution in [0.5, 0.6) is 0 Å². The molecule has 0 fully saturated rings. The minimum absolute atomic E-state index is 0.126. The third-order valence-corrected chi connectivity index (χ3v) is 4.06. The van der Waals surface area contributed by atoms with Gasteiger partial charge in [0.15, 0.2) is 0 Å². The zero-order valence-electron chi connectivity index (χ0n) is 13.5. The minimum Gasteiger partial charge on any atom is -0.230 e. The Morgan fingerprint density at radius 3 is 1.22 bits per heavy atom. The molecule has 2 nitrogen and oxygen atoms in total. The van der Waals surface area contributed by atoms with Crippen molar-refractivity contribution in [3.63, 3.8) is 0 Å². The van der Waals surface area contributed by atoms with E-state index in [1.165, 1.54) is 25.7 Å². The SMILES string of the molecule is CCCCC(C)(CC)OOC(C)(CC)CCCC. The van der Waals surface area contributed by atoms with Crippen molar-refractivity contribution in [2.45, 2.75) is 104 Å². The van der Waals surface area contributed by atoms with Crippen LogP contribution in [0.2, 0.25) is 0 Å². The van der Waals surface area contributed by atoms with Crippen LogP contribution < -0.4 is 0 Å². The second kappa shape index (κ2) is 8.92. The van der Waals surface area contributed by atoms with Gasteiger partial charge in [0, 0.05) is 0 Å². The molecule has 0 saturated carbocycles. The predicted molar refractivity (Wildman–Crippen MR) is 78.6 cm³/mol. The third-order valence-electron chi connectivity index (χ3n) is 4.06. The molecule has 2 atom stereocenters. The van der Waals surface area contributed by atoms with Gasteiger partial charge in [-0.05, 0) is 39.5 Å². The summed E-state index contributed by atoms with van der Waals surface area (Å²) in [6.45, 7) is 13.1. The van der Waals surface area contributed by atoms with Crippen molar-refractivity contribution in [2.24, 2.45) is 0 Å². The average molecular weight is 258 g/mol. The van der Waals surface area contributed by atoms with Crippen molar-refractivity contribution in [1.82, 2.24) is 0 Å². The molecule has 0 radical (unpaired) electrons. The topological polar surface area (TPSA) is 18.5 Å². The van der Waals surface area contributed by atoms with Crippen molar-refractivity contribution in [1.29, 1.82) is 0 Å². The summed E-state index contributed by atoms with van der Waals surface area (Å²) < 4.78 is 0.